The third-order valence-corrected chi connectivity index (χ3v) is 2.63. The van der Waals surface area contributed by atoms with Crippen LogP contribution in [0.5, 0.6) is 0 Å². The van der Waals surface area contributed by atoms with E-state index in [1.165, 1.54) is 19.9 Å². The van der Waals surface area contributed by atoms with Gasteiger partial charge in [-0.05, 0) is 0 Å². The maximum absolute atomic E-state index is 10.4. The molecule has 0 aliphatic rings. The van der Waals surface area contributed by atoms with Crippen molar-refractivity contribution < 1.29 is 24.2 Å². The Morgan fingerprint density at radius 3 is 2.33 bits per heavy atom. The van der Waals surface area contributed by atoms with E-state index in [4.69, 9.17) is 37.4 Å². The summed E-state index contributed by atoms with van der Waals surface area (Å²) in [5, 5.41) is 8.53. The molecule has 0 radical (unpaired) electrons. The van der Waals surface area contributed by atoms with Crippen molar-refractivity contribution in [1.29, 1.82) is 0 Å². The molecule has 15 heavy (non-hydrogen) atoms. The van der Waals surface area contributed by atoms with Gasteiger partial charge in [-0.1, -0.05) is 0 Å². The van der Waals surface area contributed by atoms with Crippen LogP contribution in [0, 0.1) is 0 Å². The van der Waals surface area contributed by atoms with Gasteiger partial charge in [0.15, 0.2) is 0 Å². The van der Waals surface area contributed by atoms with Gasteiger partial charge in [0.05, 0.1) is 0 Å². The van der Waals surface area contributed by atoms with Crippen LogP contribution in [0.4, 0.5) is 0 Å². The molecule has 0 saturated carbocycles. The maximum atomic E-state index is 10.4. The van der Waals surface area contributed by atoms with Crippen molar-refractivity contribution in [3.8, 4) is 0 Å². The molecule has 0 aliphatic heterocycles. The molecular weight excluding hydrogens is 266 g/mol. The number of hydrogen-bond acceptors (Lipinski definition) is 4. The van der Waals surface area contributed by atoms with Crippen LogP contribution < -0.4 is 0 Å². The van der Waals surface area contributed by atoms with Crippen molar-refractivity contribution in [2.24, 2.45) is 0 Å². The zero-order valence-corrected chi connectivity index (χ0v) is 10.6. The van der Waals surface area contributed by atoms with E-state index in [2.05, 4.69) is 4.52 Å². The van der Waals surface area contributed by atoms with Crippen LogP contribution in [-0.2, 0) is 9.32 Å². The number of carbonyl (C=O) groups is 1. The molecule has 0 heterocycles. The SMILES string of the molecule is CC(=CCC(C)OP(O)(O)(Cl)Cl)C(=O)O. The van der Waals surface area contributed by atoms with Crippen LogP contribution in [0.2, 0.25) is 0 Å². The van der Waals surface area contributed by atoms with Crippen LogP contribution in [0.3, 0.4) is 0 Å². The second kappa shape index (κ2) is 4.95. The van der Waals surface area contributed by atoms with Crippen LogP contribution in [0.15, 0.2) is 11.6 Å². The topological polar surface area (TPSA) is 87.0 Å². The van der Waals surface area contributed by atoms with Crippen molar-refractivity contribution in [2.45, 2.75) is 26.4 Å². The number of aliphatic carboxylic acids is 1. The molecule has 0 aliphatic carbocycles. The predicted octanol–water partition coefficient (Wildman–Crippen LogP) is 2.40. The number of carboxylic acids is 1. The Hall–Kier alpha value is 0.1000. The molecule has 0 aromatic rings. The fraction of sp³-hybridized carbons (Fsp3) is 0.571. The van der Waals surface area contributed by atoms with Gasteiger partial charge in [-0.25, -0.2) is 0 Å². The summed E-state index contributed by atoms with van der Waals surface area (Å²) in [5.74, 6) is -6.06. The summed E-state index contributed by atoms with van der Waals surface area (Å²) in [7, 11) is 0. The van der Waals surface area contributed by atoms with Gasteiger partial charge in [-0.15, -0.1) is 0 Å². The Kier molecular flexibility index (Phi) is 4.99. The van der Waals surface area contributed by atoms with Gasteiger partial charge in [0.25, 0.3) is 0 Å². The molecular formula is C7H13Cl2O5P. The molecule has 0 spiro atoms. The summed E-state index contributed by atoms with van der Waals surface area (Å²) in [6, 6.07) is 0. The van der Waals surface area contributed by atoms with Gasteiger partial charge in [0, 0.05) is 0 Å². The van der Waals surface area contributed by atoms with E-state index in [1.807, 2.05) is 0 Å². The van der Waals surface area contributed by atoms with E-state index in [0.717, 1.165) is 0 Å². The van der Waals surface area contributed by atoms with Crippen molar-refractivity contribution in [3.05, 3.63) is 11.6 Å². The van der Waals surface area contributed by atoms with E-state index in [9.17, 15) is 4.79 Å². The Bertz CT molecular complexity index is 274. The van der Waals surface area contributed by atoms with Gasteiger partial charge < -0.3 is 0 Å². The van der Waals surface area contributed by atoms with Crippen molar-refractivity contribution in [1.82, 2.24) is 0 Å². The standard InChI is InChI=1S/C7H13Cl2O5P/c1-5(7(10)11)3-4-6(2)14-15(8,9,12)13/h3,6,12-13H,4H2,1-2H3,(H,10,11). The van der Waals surface area contributed by atoms with E-state index in [1.54, 1.807) is 0 Å². The number of carboxylic acid groups (broad SMARTS) is 1. The van der Waals surface area contributed by atoms with Crippen LogP contribution in [0.25, 0.3) is 0 Å². The minimum atomic E-state index is -5.01. The summed E-state index contributed by atoms with van der Waals surface area (Å²) in [4.78, 5) is 28.4. The van der Waals surface area contributed by atoms with Crippen molar-refractivity contribution >= 4 is 34.4 Å². The molecule has 0 amide bonds. The first-order valence-corrected chi connectivity index (χ1v) is 7.89. The quantitative estimate of drug-likeness (QED) is 0.531. The fourth-order valence-corrected chi connectivity index (χ4v) is 2.27. The molecule has 8 heteroatoms. The van der Waals surface area contributed by atoms with Gasteiger partial charge in [-0.2, -0.15) is 0 Å². The number of rotatable bonds is 5. The molecule has 0 aromatic carbocycles. The molecule has 3 N–H and O–H groups in total. The zero-order valence-electron chi connectivity index (χ0n) is 8.22. The monoisotopic (exact) mass is 278 g/mol. The minimum absolute atomic E-state index is 0.130. The Labute approximate surface area is 97.0 Å². The van der Waals surface area contributed by atoms with E-state index in [0.29, 0.717) is 0 Å². The summed E-state index contributed by atoms with van der Waals surface area (Å²) in [6.45, 7) is 2.90. The first-order valence-electron chi connectivity index (χ1n) is 4.02. The summed E-state index contributed by atoms with van der Waals surface area (Å²) in [5.41, 5.74) is 0.130. The average Bonchev–Trinajstić information content (AvgIpc) is 1.94. The van der Waals surface area contributed by atoms with Crippen LogP contribution >= 0.6 is 28.5 Å². The molecule has 0 fully saturated rings. The third kappa shape index (κ3) is 9.05. The Balaban J connectivity index is 4.24. The van der Waals surface area contributed by atoms with Gasteiger partial charge in [0.2, 0.25) is 0 Å². The van der Waals surface area contributed by atoms with Gasteiger partial charge in [-0.3, -0.25) is 0 Å². The Morgan fingerprint density at radius 1 is 1.53 bits per heavy atom. The molecule has 0 rings (SSSR count). The molecule has 90 valence electrons. The summed E-state index contributed by atoms with van der Waals surface area (Å²) < 4.78 is 4.59. The van der Waals surface area contributed by atoms with Gasteiger partial charge >= 0.3 is 96.7 Å². The predicted molar refractivity (Wildman–Crippen MR) is 59.6 cm³/mol. The number of hydrogen-bond donors (Lipinski definition) is 3. The molecule has 0 aromatic heterocycles. The van der Waals surface area contributed by atoms with Crippen LogP contribution in [-0.4, -0.2) is 27.0 Å². The fourth-order valence-electron chi connectivity index (χ4n) is 0.770. The van der Waals surface area contributed by atoms with Crippen molar-refractivity contribution in [3.63, 3.8) is 0 Å². The van der Waals surface area contributed by atoms with Gasteiger partial charge in [0.1, 0.15) is 0 Å². The van der Waals surface area contributed by atoms with Crippen LogP contribution in [0.1, 0.15) is 20.3 Å². The number of halogens is 2. The van der Waals surface area contributed by atoms with E-state index >= 15 is 0 Å². The zero-order chi connectivity index (χ0) is 12.3. The normalized spacial score (nSPS) is 18.0. The molecule has 0 bridgehead atoms. The summed E-state index contributed by atoms with van der Waals surface area (Å²) in [6.07, 6.45) is 0.849. The average molecular weight is 279 g/mol. The van der Waals surface area contributed by atoms with Crippen molar-refractivity contribution in [2.75, 3.05) is 0 Å². The first-order chi connectivity index (χ1) is 6.47. The second-order valence-electron chi connectivity index (χ2n) is 3.10. The summed E-state index contributed by atoms with van der Waals surface area (Å²) >= 11 is 10.2. The third-order valence-electron chi connectivity index (χ3n) is 1.45. The second-order valence-corrected chi connectivity index (χ2v) is 9.00. The first kappa shape index (κ1) is 15.1. The molecule has 1 atom stereocenters. The van der Waals surface area contributed by atoms with E-state index < -0.39 is 18.1 Å². The molecule has 1 unspecified atom stereocenters. The van der Waals surface area contributed by atoms with E-state index in [-0.39, 0.29) is 12.0 Å². The molecule has 5 nitrogen and oxygen atoms in total. The molecule has 0 saturated heterocycles. The Morgan fingerprint density at radius 2 is 2.00 bits per heavy atom.